The third-order valence-electron chi connectivity index (χ3n) is 4.03. The Bertz CT molecular complexity index is 828. The molecule has 144 valence electrons. The van der Waals surface area contributed by atoms with Gasteiger partial charge in [0.2, 0.25) is 0 Å². The van der Waals surface area contributed by atoms with Gasteiger partial charge in [-0.2, -0.15) is 0 Å². The molecule has 2 N–H and O–H groups in total. The van der Waals surface area contributed by atoms with Crippen LogP contribution < -0.4 is 5.32 Å². The van der Waals surface area contributed by atoms with Crippen molar-refractivity contribution in [2.45, 2.75) is 27.4 Å². The van der Waals surface area contributed by atoms with Gasteiger partial charge in [0.15, 0.2) is 0 Å². The lowest BCUT2D eigenvalue weighted by atomic mass is 10.1. The van der Waals surface area contributed by atoms with E-state index in [1.54, 1.807) is 11.8 Å². The smallest absolute Gasteiger partial charge is 0.412 e. The first kappa shape index (κ1) is 20.4. The molecule has 7 nitrogen and oxygen atoms in total. The predicted octanol–water partition coefficient (Wildman–Crippen LogP) is 3.99. The number of carbonyl (C=O) groups excluding carboxylic acids is 2. The van der Waals surface area contributed by atoms with Crippen molar-refractivity contribution in [3.63, 3.8) is 0 Å². The van der Waals surface area contributed by atoms with Crippen molar-refractivity contribution < 1.29 is 24.2 Å². The van der Waals surface area contributed by atoms with Crippen molar-refractivity contribution in [2.24, 2.45) is 0 Å². The quantitative estimate of drug-likeness (QED) is 0.745. The van der Waals surface area contributed by atoms with Crippen molar-refractivity contribution in [1.82, 2.24) is 4.90 Å². The number of amides is 2. The van der Waals surface area contributed by atoms with E-state index in [0.29, 0.717) is 23.5 Å². The van der Waals surface area contributed by atoms with E-state index >= 15 is 0 Å². The number of ether oxygens (including phenoxy) is 1. The van der Waals surface area contributed by atoms with Gasteiger partial charge in [-0.05, 0) is 31.9 Å². The van der Waals surface area contributed by atoms with Crippen molar-refractivity contribution in [1.29, 1.82) is 0 Å². The van der Waals surface area contributed by atoms with E-state index < -0.39 is 12.1 Å². The summed E-state index contributed by atoms with van der Waals surface area (Å²) in [5.41, 5.74) is 1.06. The van der Waals surface area contributed by atoms with Crippen molar-refractivity contribution in [2.75, 3.05) is 18.4 Å². The van der Waals surface area contributed by atoms with E-state index in [-0.39, 0.29) is 23.1 Å². The average molecular weight is 390 g/mol. The number of carboxylic acids is 1. The first-order valence-corrected chi connectivity index (χ1v) is 9.34. The molecular formula is C19H22N2O5S. The molecule has 0 bridgehead atoms. The molecule has 0 fully saturated rings. The van der Waals surface area contributed by atoms with E-state index in [9.17, 15) is 19.5 Å². The number of thiophene rings is 1. The molecule has 0 aliphatic carbocycles. The number of rotatable bonds is 7. The first-order chi connectivity index (χ1) is 12.9. The van der Waals surface area contributed by atoms with Gasteiger partial charge in [0.1, 0.15) is 11.6 Å². The largest absolute Gasteiger partial charge is 0.478 e. The number of hydrogen-bond donors (Lipinski definition) is 2. The molecule has 0 aliphatic rings. The molecule has 2 rings (SSSR count). The van der Waals surface area contributed by atoms with E-state index in [0.717, 1.165) is 16.9 Å². The standard InChI is InChI=1S/C19H22N2O5S/c1-4-21(5-2)17(22)15-12(3)14(18(23)24)16(27-15)20-19(25)26-11-13-9-7-6-8-10-13/h6-10H,4-5,11H2,1-3H3,(H,20,25)(H,23,24). The van der Waals surface area contributed by atoms with Crippen LogP contribution in [-0.4, -0.2) is 41.1 Å². The normalized spacial score (nSPS) is 10.3. The molecule has 0 saturated heterocycles. The Morgan fingerprint density at radius 2 is 1.78 bits per heavy atom. The molecule has 1 aromatic heterocycles. The Hall–Kier alpha value is -2.87. The number of hydrogen-bond acceptors (Lipinski definition) is 5. The highest BCUT2D eigenvalue weighted by Crippen LogP contribution is 2.34. The van der Waals surface area contributed by atoms with Crippen molar-refractivity contribution in [3.8, 4) is 0 Å². The monoisotopic (exact) mass is 390 g/mol. The molecule has 8 heteroatoms. The zero-order valence-electron chi connectivity index (χ0n) is 15.4. The van der Waals surface area contributed by atoms with Crippen LogP contribution in [0.4, 0.5) is 9.80 Å². The third-order valence-corrected chi connectivity index (χ3v) is 5.23. The van der Waals surface area contributed by atoms with Gasteiger partial charge in [0.05, 0.1) is 10.4 Å². The van der Waals surface area contributed by atoms with E-state index in [4.69, 9.17) is 4.74 Å². The van der Waals surface area contributed by atoms with Crippen LogP contribution in [0.3, 0.4) is 0 Å². The minimum atomic E-state index is -1.21. The van der Waals surface area contributed by atoms with Gasteiger partial charge < -0.3 is 14.7 Å². The Kier molecular flexibility index (Phi) is 6.95. The zero-order chi connectivity index (χ0) is 20.0. The van der Waals surface area contributed by atoms with Crippen LogP contribution >= 0.6 is 11.3 Å². The minimum Gasteiger partial charge on any atom is -0.478 e. The summed E-state index contributed by atoms with van der Waals surface area (Å²) in [4.78, 5) is 38.2. The van der Waals surface area contributed by atoms with Gasteiger partial charge in [-0.25, -0.2) is 9.59 Å². The molecular weight excluding hydrogens is 368 g/mol. The fourth-order valence-corrected chi connectivity index (χ4v) is 3.72. The molecule has 0 unspecified atom stereocenters. The molecule has 0 aliphatic heterocycles. The number of carboxylic acid groups (broad SMARTS) is 1. The van der Waals surface area contributed by atoms with Gasteiger partial charge in [-0.15, -0.1) is 11.3 Å². The van der Waals surface area contributed by atoms with Crippen LogP contribution in [0.5, 0.6) is 0 Å². The summed E-state index contributed by atoms with van der Waals surface area (Å²) in [6.07, 6.45) is -0.774. The van der Waals surface area contributed by atoms with Crippen LogP contribution in [0.15, 0.2) is 30.3 Å². The summed E-state index contributed by atoms with van der Waals surface area (Å²) >= 11 is 0.948. The second-order valence-electron chi connectivity index (χ2n) is 5.73. The van der Waals surface area contributed by atoms with Crippen LogP contribution in [0.2, 0.25) is 0 Å². The van der Waals surface area contributed by atoms with Crippen molar-refractivity contribution >= 4 is 34.3 Å². The highest BCUT2D eigenvalue weighted by Gasteiger charge is 2.27. The topological polar surface area (TPSA) is 95.9 Å². The summed E-state index contributed by atoms with van der Waals surface area (Å²) in [6, 6.07) is 9.13. The number of anilines is 1. The van der Waals surface area contributed by atoms with Gasteiger partial charge in [0, 0.05) is 13.1 Å². The summed E-state index contributed by atoms with van der Waals surface area (Å²) < 4.78 is 5.13. The third kappa shape index (κ3) is 4.85. The maximum absolute atomic E-state index is 12.6. The molecule has 2 aromatic rings. The number of benzene rings is 1. The van der Waals surface area contributed by atoms with Gasteiger partial charge in [-0.1, -0.05) is 30.3 Å². The Labute approximate surface area is 161 Å². The van der Waals surface area contributed by atoms with E-state index in [1.807, 2.05) is 44.2 Å². The van der Waals surface area contributed by atoms with Crippen molar-refractivity contribution in [3.05, 3.63) is 51.9 Å². The highest BCUT2D eigenvalue weighted by molar-refractivity contribution is 7.18. The maximum atomic E-state index is 12.6. The van der Waals surface area contributed by atoms with Crippen LogP contribution in [-0.2, 0) is 11.3 Å². The van der Waals surface area contributed by atoms with Gasteiger partial charge in [-0.3, -0.25) is 10.1 Å². The molecule has 27 heavy (non-hydrogen) atoms. The molecule has 0 radical (unpaired) electrons. The fourth-order valence-electron chi connectivity index (χ4n) is 2.57. The summed E-state index contributed by atoms with van der Waals surface area (Å²) in [7, 11) is 0. The zero-order valence-corrected chi connectivity index (χ0v) is 16.3. The Morgan fingerprint density at radius 1 is 1.15 bits per heavy atom. The van der Waals surface area contributed by atoms with Crippen LogP contribution in [0.25, 0.3) is 0 Å². The fraction of sp³-hybridized carbons (Fsp3) is 0.316. The average Bonchev–Trinajstić information content (AvgIpc) is 2.97. The molecule has 0 spiro atoms. The lowest BCUT2D eigenvalue weighted by molar-refractivity contribution is 0.0697. The van der Waals surface area contributed by atoms with Crippen LogP contribution in [0.1, 0.15) is 45.0 Å². The minimum absolute atomic E-state index is 0.0602. The molecule has 0 saturated carbocycles. The van der Waals surface area contributed by atoms with Gasteiger partial charge >= 0.3 is 12.1 Å². The highest BCUT2D eigenvalue weighted by atomic mass is 32.1. The second-order valence-corrected chi connectivity index (χ2v) is 6.75. The predicted molar refractivity (Wildman–Crippen MR) is 104 cm³/mol. The summed E-state index contributed by atoms with van der Waals surface area (Å²) in [5, 5.41) is 12.1. The lowest BCUT2D eigenvalue weighted by Crippen LogP contribution is -2.30. The second kappa shape index (κ2) is 9.18. The van der Waals surface area contributed by atoms with Gasteiger partial charge in [0.25, 0.3) is 5.91 Å². The SMILES string of the molecule is CCN(CC)C(=O)c1sc(NC(=O)OCc2ccccc2)c(C(=O)O)c1C. The van der Waals surface area contributed by atoms with E-state index in [1.165, 1.54) is 0 Å². The maximum Gasteiger partial charge on any atom is 0.412 e. The summed E-state index contributed by atoms with van der Waals surface area (Å²) in [6.45, 7) is 6.35. The molecule has 2 amide bonds. The number of nitrogens with one attached hydrogen (secondary N) is 1. The first-order valence-electron chi connectivity index (χ1n) is 8.52. The molecule has 1 aromatic carbocycles. The number of nitrogens with zero attached hydrogens (tertiary/aromatic N) is 1. The Morgan fingerprint density at radius 3 is 2.33 bits per heavy atom. The lowest BCUT2D eigenvalue weighted by Gasteiger charge is -2.17. The molecule has 0 atom stereocenters. The Balaban J connectivity index is 2.20. The van der Waals surface area contributed by atoms with E-state index in [2.05, 4.69) is 5.32 Å². The van der Waals surface area contributed by atoms with Crippen LogP contribution in [0, 0.1) is 6.92 Å². The number of aromatic carboxylic acids is 1. The number of carbonyl (C=O) groups is 3. The molecule has 1 heterocycles. The summed E-state index contributed by atoms with van der Waals surface area (Å²) in [5.74, 6) is -1.46.